The van der Waals surface area contributed by atoms with Gasteiger partial charge in [0, 0.05) is 24.2 Å². The Hall–Kier alpha value is -4.00. The van der Waals surface area contributed by atoms with Gasteiger partial charge in [0.25, 0.3) is 0 Å². The van der Waals surface area contributed by atoms with Crippen molar-refractivity contribution in [1.82, 2.24) is 24.8 Å². The van der Waals surface area contributed by atoms with E-state index in [1.807, 2.05) is 6.07 Å². The van der Waals surface area contributed by atoms with Crippen molar-refractivity contribution >= 4 is 17.6 Å². The van der Waals surface area contributed by atoms with Crippen LogP contribution in [-0.4, -0.2) is 55.2 Å². The van der Waals surface area contributed by atoms with Crippen LogP contribution < -0.4 is 5.32 Å². The molecular weight excluding hydrogens is 475 g/mol. The molecule has 1 aliphatic carbocycles. The number of fused-ring (bicyclic) bond motifs is 3. The number of carbonyl (C=O) groups excluding carboxylic acids is 2. The van der Waals surface area contributed by atoms with Crippen molar-refractivity contribution < 1.29 is 18.7 Å². The zero-order chi connectivity index (χ0) is 26.3. The Morgan fingerprint density at radius 1 is 1.30 bits per heavy atom. The van der Waals surface area contributed by atoms with Crippen molar-refractivity contribution in [1.29, 1.82) is 5.26 Å². The Morgan fingerprint density at radius 2 is 2.11 bits per heavy atom. The van der Waals surface area contributed by atoms with Crippen LogP contribution in [0, 0.1) is 23.1 Å². The summed E-state index contributed by atoms with van der Waals surface area (Å²) in [5.41, 5.74) is 1.43. The number of hydrogen-bond donors (Lipinski definition) is 1. The van der Waals surface area contributed by atoms with Crippen molar-refractivity contribution in [3.63, 3.8) is 0 Å². The van der Waals surface area contributed by atoms with Crippen LogP contribution in [0.3, 0.4) is 0 Å². The lowest BCUT2D eigenvalue weighted by Crippen LogP contribution is -2.55. The van der Waals surface area contributed by atoms with Gasteiger partial charge in [-0.3, -0.25) is 9.69 Å². The number of imidazole rings is 1. The average molecular weight is 505 g/mol. The van der Waals surface area contributed by atoms with E-state index in [0.29, 0.717) is 22.5 Å². The summed E-state index contributed by atoms with van der Waals surface area (Å²) in [6, 6.07) is 8.66. The van der Waals surface area contributed by atoms with Gasteiger partial charge in [0.2, 0.25) is 5.91 Å². The molecule has 1 saturated carbocycles. The molecule has 5 rings (SSSR count). The number of hydrogen-bond acceptors (Lipinski definition) is 6. The fourth-order valence-corrected chi connectivity index (χ4v) is 5.35. The van der Waals surface area contributed by atoms with E-state index in [9.17, 15) is 14.9 Å². The molecule has 1 N–H and O–H groups in total. The van der Waals surface area contributed by atoms with Gasteiger partial charge in [0.1, 0.15) is 23.5 Å². The molecule has 1 saturated heterocycles. The van der Waals surface area contributed by atoms with Crippen molar-refractivity contribution in [2.75, 3.05) is 0 Å². The fraction of sp³-hybridized carbons (Fsp3) is 0.444. The predicted molar refractivity (Wildman–Crippen MR) is 133 cm³/mol. The van der Waals surface area contributed by atoms with Gasteiger partial charge in [-0.05, 0) is 69.7 Å². The van der Waals surface area contributed by atoms with Gasteiger partial charge in [-0.15, -0.1) is 0 Å². The SMILES string of the molecule is CC(C)(C)OC(=O)N1C2CCC(C2)C1C(=O)NC(C#N)Cc1ccc(-c2cn3ncccc3n2)cc1F. The number of rotatable bonds is 5. The Morgan fingerprint density at radius 3 is 2.81 bits per heavy atom. The summed E-state index contributed by atoms with van der Waals surface area (Å²) >= 11 is 0. The van der Waals surface area contributed by atoms with Gasteiger partial charge in [-0.25, -0.2) is 18.7 Å². The van der Waals surface area contributed by atoms with Crippen LogP contribution in [-0.2, 0) is 16.0 Å². The highest BCUT2D eigenvalue weighted by molar-refractivity contribution is 5.87. The van der Waals surface area contributed by atoms with E-state index < -0.39 is 35.5 Å². The third-order valence-corrected chi connectivity index (χ3v) is 6.94. The molecule has 2 fully saturated rings. The van der Waals surface area contributed by atoms with Gasteiger partial charge >= 0.3 is 6.09 Å². The van der Waals surface area contributed by atoms with Crippen LogP contribution in [0.25, 0.3) is 16.9 Å². The van der Waals surface area contributed by atoms with Crippen LogP contribution in [0.5, 0.6) is 0 Å². The van der Waals surface area contributed by atoms with E-state index in [2.05, 4.69) is 21.5 Å². The number of likely N-dealkylation sites (tertiary alicyclic amines) is 1. The fourth-order valence-electron chi connectivity index (χ4n) is 5.35. The maximum atomic E-state index is 15.0. The second-order valence-electron chi connectivity index (χ2n) is 10.7. The number of benzene rings is 1. The number of aromatic nitrogens is 3. The number of piperidine rings is 1. The maximum Gasteiger partial charge on any atom is 0.411 e. The standard InChI is InChI=1S/C27H29FN6O3/c1-27(2,3)37-26(36)34-20-9-8-18(12-20)24(34)25(35)31-19(14-29)11-16-6-7-17(13-21(16)28)22-15-33-23(32-22)5-4-10-30-33/h4-7,10,13,15,18-20,24H,8-9,11-12H2,1-3H3,(H,31,35). The van der Waals surface area contributed by atoms with Crippen molar-refractivity contribution in [2.45, 2.75) is 70.2 Å². The Labute approximate surface area is 214 Å². The van der Waals surface area contributed by atoms with Gasteiger partial charge in [0.15, 0.2) is 5.65 Å². The van der Waals surface area contributed by atoms with E-state index in [0.717, 1.165) is 19.3 Å². The summed E-state index contributed by atoms with van der Waals surface area (Å²) in [6.45, 7) is 5.35. The number of halogens is 1. The van der Waals surface area contributed by atoms with Crippen molar-refractivity contribution in [3.05, 3.63) is 54.1 Å². The molecule has 0 radical (unpaired) electrons. The molecule has 3 heterocycles. The average Bonchev–Trinajstić information content (AvgIpc) is 3.57. The lowest BCUT2D eigenvalue weighted by molar-refractivity contribution is -0.128. The van der Waals surface area contributed by atoms with E-state index >= 15 is 4.39 Å². The summed E-state index contributed by atoms with van der Waals surface area (Å²) < 4.78 is 22.2. The van der Waals surface area contributed by atoms with E-state index in [1.54, 1.807) is 55.9 Å². The van der Waals surface area contributed by atoms with Crippen LogP contribution in [0.15, 0.2) is 42.7 Å². The third kappa shape index (κ3) is 4.99. The molecule has 1 aliphatic heterocycles. The second kappa shape index (κ2) is 9.47. The number of nitriles is 1. The minimum atomic E-state index is -0.952. The zero-order valence-corrected chi connectivity index (χ0v) is 21.0. The molecule has 9 nitrogen and oxygen atoms in total. The van der Waals surface area contributed by atoms with Gasteiger partial charge < -0.3 is 10.1 Å². The molecule has 192 valence electrons. The van der Waals surface area contributed by atoms with Crippen molar-refractivity contribution in [2.24, 2.45) is 5.92 Å². The molecule has 2 aromatic heterocycles. The quantitative estimate of drug-likeness (QED) is 0.564. The highest BCUT2D eigenvalue weighted by Gasteiger charge is 2.52. The summed E-state index contributed by atoms with van der Waals surface area (Å²) in [5, 5.41) is 16.6. The van der Waals surface area contributed by atoms with Gasteiger partial charge in [-0.1, -0.05) is 12.1 Å². The largest absolute Gasteiger partial charge is 0.444 e. The number of amides is 2. The molecular formula is C27H29FN6O3. The predicted octanol–water partition coefficient (Wildman–Crippen LogP) is 3.87. The smallest absolute Gasteiger partial charge is 0.411 e. The molecule has 37 heavy (non-hydrogen) atoms. The second-order valence-corrected chi connectivity index (χ2v) is 10.7. The zero-order valence-electron chi connectivity index (χ0n) is 21.0. The molecule has 1 aromatic carbocycles. The van der Waals surface area contributed by atoms with Gasteiger partial charge in [-0.2, -0.15) is 10.4 Å². The number of nitrogens with one attached hydrogen (secondary N) is 1. The van der Waals surface area contributed by atoms with Crippen molar-refractivity contribution in [3.8, 4) is 17.3 Å². The van der Waals surface area contributed by atoms with Gasteiger partial charge in [0.05, 0.1) is 18.0 Å². The summed E-state index contributed by atoms with van der Waals surface area (Å²) in [7, 11) is 0. The monoisotopic (exact) mass is 504 g/mol. The molecule has 10 heteroatoms. The Kier molecular flexibility index (Phi) is 6.31. The lowest BCUT2D eigenvalue weighted by Gasteiger charge is -2.35. The molecule has 3 aromatic rings. The molecule has 4 unspecified atom stereocenters. The lowest BCUT2D eigenvalue weighted by atomic mass is 9.97. The van der Waals surface area contributed by atoms with Crippen LogP contribution in [0.2, 0.25) is 0 Å². The van der Waals surface area contributed by atoms with E-state index in [4.69, 9.17) is 4.74 Å². The topological polar surface area (TPSA) is 113 Å². The number of ether oxygens (including phenoxy) is 1. The summed E-state index contributed by atoms with van der Waals surface area (Å²) in [5.74, 6) is -0.876. The number of carbonyl (C=O) groups is 2. The first-order chi connectivity index (χ1) is 17.6. The van der Waals surface area contributed by atoms with Crippen LogP contribution in [0.4, 0.5) is 9.18 Å². The molecule has 2 bridgehead atoms. The molecule has 2 amide bonds. The number of nitrogens with zero attached hydrogens (tertiary/aromatic N) is 5. The molecule has 2 aliphatic rings. The molecule has 4 atom stereocenters. The summed E-state index contributed by atoms with van der Waals surface area (Å²) in [6.07, 6.45) is 5.24. The maximum absolute atomic E-state index is 15.0. The Bertz CT molecular complexity index is 1360. The first-order valence-electron chi connectivity index (χ1n) is 12.4. The summed E-state index contributed by atoms with van der Waals surface area (Å²) in [4.78, 5) is 32.1. The third-order valence-electron chi connectivity index (χ3n) is 6.94. The van der Waals surface area contributed by atoms with Crippen LogP contribution in [0.1, 0.15) is 45.6 Å². The highest BCUT2D eigenvalue weighted by atomic mass is 19.1. The normalized spacial score (nSPS) is 21.6. The van der Waals surface area contributed by atoms with E-state index in [1.165, 1.54) is 11.0 Å². The Balaban J connectivity index is 1.28. The first-order valence-corrected chi connectivity index (χ1v) is 12.4. The minimum Gasteiger partial charge on any atom is -0.444 e. The molecule has 0 spiro atoms. The van der Waals surface area contributed by atoms with Crippen LogP contribution >= 0.6 is 0 Å². The van der Waals surface area contributed by atoms with E-state index in [-0.39, 0.29) is 18.4 Å². The highest BCUT2D eigenvalue weighted by Crippen LogP contribution is 2.43. The minimum absolute atomic E-state index is 0.00563. The first kappa shape index (κ1) is 24.7.